The Morgan fingerprint density at radius 3 is 2.62 bits per heavy atom. The van der Waals surface area contributed by atoms with Crippen molar-refractivity contribution in [2.24, 2.45) is 0 Å². The fourth-order valence-electron chi connectivity index (χ4n) is 1.28. The minimum atomic E-state index is -0.266. The van der Waals surface area contributed by atoms with Gasteiger partial charge in [0.05, 0.1) is 12.6 Å². The summed E-state index contributed by atoms with van der Waals surface area (Å²) in [7, 11) is 3.71. The van der Waals surface area contributed by atoms with E-state index in [1.54, 1.807) is 6.07 Å². The maximum Gasteiger partial charge on any atom is 0.123 e. The van der Waals surface area contributed by atoms with Gasteiger partial charge in [0.15, 0.2) is 0 Å². The van der Waals surface area contributed by atoms with Crippen LogP contribution in [0.1, 0.15) is 11.6 Å². The van der Waals surface area contributed by atoms with Crippen LogP contribution in [0, 0.1) is 5.82 Å². The van der Waals surface area contributed by atoms with Gasteiger partial charge in [0, 0.05) is 0 Å². The second-order valence-corrected chi connectivity index (χ2v) is 3.22. The van der Waals surface area contributed by atoms with E-state index in [4.69, 9.17) is 5.11 Å². The number of aliphatic hydroxyl groups excluding tert-OH is 1. The molecule has 3 heteroatoms. The van der Waals surface area contributed by atoms with E-state index < -0.39 is 0 Å². The number of halogens is 1. The van der Waals surface area contributed by atoms with E-state index >= 15 is 0 Å². The molecule has 0 saturated heterocycles. The number of hydrogen-bond acceptors (Lipinski definition) is 2. The average Bonchev–Trinajstić information content (AvgIpc) is 2.04. The number of nitrogens with zero attached hydrogens (tertiary/aromatic N) is 1. The molecule has 0 aliphatic heterocycles. The summed E-state index contributed by atoms with van der Waals surface area (Å²) in [6, 6.07) is 6.17. The van der Waals surface area contributed by atoms with Gasteiger partial charge in [-0.15, -0.1) is 0 Å². The number of likely N-dealkylation sites (N-methyl/N-ethyl adjacent to an activating group) is 1. The Morgan fingerprint density at radius 2 is 2.15 bits per heavy atom. The molecule has 0 fully saturated rings. The molecule has 0 aliphatic rings. The van der Waals surface area contributed by atoms with Gasteiger partial charge < -0.3 is 10.0 Å². The van der Waals surface area contributed by atoms with Crippen LogP contribution in [0.15, 0.2) is 24.3 Å². The maximum atomic E-state index is 12.8. The smallest absolute Gasteiger partial charge is 0.123 e. The van der Waals surface area contributed by atoms with Crippen molar-refractivity contribution in [2.75, 3.05) is 20.7 Å². The zero-order valence-electron chi connectivity index (χ0n) is 7.87. The summed E-state index contributed by atoms with van der Waals surface area (Å²) in [6.45, 7) is -0.00352. The third-order valence-electron chi connectivity index (χ3n) is 2.03. The highest BCUT2D eigenvalue weighted by Crippen LogP contribution is 2.17. The van der Waals surface area contributed by atoms with Crippen molar-refractivity contribution >= 4 is 0 Å². The van der Waals surface area contributed by atoms with Crippen LogP contribution in [0.2, 0.25) is 0 Å². The van der Waals surface area contributed by atoms with Crippen molar-refractivity contribution in [1.29, 1.82) is 0 Å². The number of rotatable bonds is 3. The fourth-order valence-corrected chi connectivity index (χ4v) is 1.28. The summed E-state index contributed by atoms with van der Waals surface area (Å²) < 4.78 is 12.8. The largest absolute Gasteiger partial charge is 0.394 e. The van der Waals surface area contributed by atoms with Crippen molar-refractivity contribution in [3.8, 4) is 0 Å². The predicted molar refractivity (Wildman–Crippen MR) is 49.9 cm³/mol. The lowest BCUT2D eigenvalue weighted by Crippen LogP contribution is -2.23. The first-order valence-electron chi connectivity index (χ1n) is 4.18. The molecule has 0 aromatic heterocycles. The van der Waals surface area contributed by atoms with Gasteiger partial charge in [-0.2, -0.15) is 0 Å². The van der Waals surface area contributed by atoms with Gasteiger partial charge in [-0.1, -0.05) is 12.1 Å². The van der Waals surface area contributed by atoms with Gasteiger partial charge in [-0.05, 0) is 31.8 Å². The summed E-state index contributed by atoms with van der Waals surface area (Å²) in [4.78, 5) is 1.86. The molecule has 0 spiro atoms. The highest BCUT2D eigenvalue weighted by molar-refractivity contribution is 5.20. The molecule has 1 rings (SSSR count). The van der Waals surface area contributed by atoms with E-state index in [1.165, 1.54) is 12.1 Å². The summed E-state index contributed by atoms with van der Waals surface area (Å²) in [5, 5.41) is 9.08. The quantitative estimate of drug-likeness (QED) is 0.766. The molecule has 0 bridgehead atoms. The summed E-state index contributed by atoms with van der Waals surface area (Å²) in [6.07, 6.45) is 0. The van der Waals surface area contributed by atoms with Crippen LogP contribution in [0.25, 0.3) is 0 Å². The van der Waals surface area contributed by atoms with Gasteiger partial charge in [0.2, 0.25) is 0 Å². The molecule has 1 atom stereocenters. The Balaban J connectivity index is 2.91. The minimum Gasteiger partial charge on any atom is -0.394 e. The lowest BCUT2D eigenvalue weighted by atomic mass is 10.1. The van der Waals surface area contributed by atoms with Gasteiger partial charge in [-0.3, -0.25) is 0 Å². The van der Waals surface area contributed by atoms with Crippen LogP contribution in [-0.4, -0.2) is 30.7 Å². The molecule has 0 unspecified atom stereocenters. The molecule has 72 valence electrons. The van der Waals surface area contributed by atoms with Crippen LogP contribution in [0.3, 0.4) is 0 Å². The Labute approximate surface area is 77.6 Å². The third-order valence-corrected chi connectivity index (χ3v) is 2.03. The molecule has 1 aromatic carbocycles. The Morgan fingerprint density at radius 1 is 1.46 bits per heavy atom. The molecule has 13 heavy (non-hydrogen) atoms. The van der Waals surface area contributed by atoms with E-state index in [9.17, 15) is 4.39 Å². The highest BCUT2D eigenvalue weighted by atomic mass is 19.1. The molecule has 0 amide bonds. The van der Waals surface area contributed by atoms with E-state index in [0.717, 1.165) is 5.56 Å². The van der Waals surface area contributed by atoms with Gasteiger partial charge in [0.1, 0.15) is 5.82 Å². The first-order valence-corrected chi connectivity index (χ1v) is 4.18. The van der Waals surface area contributed by atoms with Crippen LogP contribution in [0.4, 0.5) is 4.39 Å². The molecule has 0 radical (unpaired) electrons. The minimum absolute atomic E-state index is 0.00352. The highest BCUT2D eigenvalue weighted by Gasteiger charge is 2.12. The van der Waals surface area contributed by atoms with E-state index in [0.29, 0.717) is 0 Å². The molecule has 0 saturated carbocycles. The number of aliphatic hydroxyl groups is 1. The average molecular weight is 183 g/mol. The first-order chi connectivity index (χ1) is 6.15. The van der Waals surface area contributed by atoms with Crippen LogP contribution >= 0.6 is 0 Å². The Hall–Kier alpha value is -0.930. The van der Waals surface area contributed by atoms with Crippen LogP contribution < -0.4 is 0 Å². The summed E-state index contributed by atoms with van der Waals surface area (Å²) in [5.74, 6) is -0.266. The number of benzene rings is 1. The Kier molecular flexibility index (Phi) is 3.39. The fraction of sp³-hybridized carbons (Fsp3) is 0.400. The molecular weight excluding hydrogens is 169 g/mol. The van der Waals surface area contributed by atoms with Crippen molar-refractivity contribution in [2.45, 2.75) is 6.04 Å². The summed E-state index contributed by atoms with van der Waals surface area (Å²) in [5.41, 5.74) is 0.799. The van der Waals surface area contributed by atoms with Crippen LogP contribution in [0.5, 0.6) is 0 Å². The van der Waals surface area contributed by atoms with E-state index in [-0.39, 0.29) is 18.5 Å². The molecule has 2 nitrogen and oxygen atoms in total. The molecule has 1 aromatic rings. The van der Waals surface area contributed by atoms with E-state index in [2.05, 4.69) is 0 Å². The molecular formula is C10H14FNO. The molecule has 1 N–H and O–H groups in total. The lowest BCUT2D eigenvalue weighted by molar-refractivity contribution is 0.170. The summed E-state index contributed by atoms with van der Waals surface area (Å²) >= 11 is 0. The van der Waals surface area contributed by atoms with Crippen molar-refractivity contribution in [1.82, 2.24) is 4.90 Å². The molecule has 0 aliphatic carbocycles. The maximum absolute atomic E-state index is 12.8. The monoisotopic (exact) mass is 183 g/mol. The van der Waals surface area contributed by atoms with E-state index in [1.807, 2.05) is 25.1 Å². The molecule has 0 heterocycles. The lowest BCUT2D eigenvalue weighted by Gasteiger charge is -2.22. The van der Waals surface area contributed by atoms with Crippen LogP contribution in [-0.2, 0) is 0 Å². The standard InChI is InChI=1S/C10H14FNO/c1-12(2)10(7-13)8-4-3-5-9(11)6-8/h3-6,10,13H,7H2,1-2H3/t10-/m0/s1. The van der Waals surface area contributed by atoms with Crippen molar-refractivity contribution in [3.05, 3.63) is 35.6 Å². The van der Waals surface area contributed by atoms with Gasteiger partial charge in [0.25, 0.3) is 0 Å². The van der Waals surface area contributed by atoms with Crippen molar-refractivity contribution in [3.63, 3.8) is 0 Å². The predicted octanol–water partition coefficient (Wildman–Crippen LogP) is 1.42. The number of hydrogen-bond donors (Lipinski definition) is 1. The SMILES string of the molecule is CN(C)[C@@H](CO)c1cccc(F)c1. The second-order valence-electron chi connectivity index (χ2n) is 3.22. The zero-order valence-corrected chi connectivity index (χ0v) is 7.87. The van der Waals surface area contributed by atoms with Crippen molar-refractivity contribution < 1.29 is 9.50 Å². The zero-order chi connectivity index (χ0) is 9.84. The van der Waals surface area contributed by atoms with Gasteiger partial charge in [-0.25, -0.2) is 4.39 Å². The topological polar surface area (TPSA) is 23.5 Å². The first kappa shape index (κ1) is 10.2. The third kappa shape index (κ3) is 2.50. The normalized spacial score (nSPS) is 13.3. The van der Waals surface area contributed by atoms with Gasteiger partial charge >= 0.3 is 0 Å². The Bertz CT molecular complexity index is 275. The second kappa shape index (κ2) is 4.35.